The fourth-order valence-electron chi connectivity index (χ4n) is 2.96. The normalized spacial score (nSPS) is 11.5. The number of hydrogen-bond donors (Lipinski definition) is 0. The van der Waals surface area contributed by atoms with Crippen LogP contribution in [0.25, 0.3) is 11.3 Å². The van der Waals surface area contributed by atoms with Gasteiger partial charge in [0.2, 0.25) is 5.76 Å². The predicted molar refractivity (Wildman–Crippen MR) is 107 cm³/mol. The van der Waals surface area contributed by atoms with Gasteiger partial charge in [-0.3, -0.25) is 9.36 Å². The Morgan fingerprint density at radius 1 is 1.19 bits per heavy atom. The highest BCUT2D eigenvalue weighted by Crippen LogP contribution is 2.24. The molecule has 0 aliphatic carbocycles. The molecule has 0 aliphatic rings. The summed E-state index contributed by atoms with van der Waals surface area (Å²) in [6.45, 7) is -0.0922. The smallest absolute Gasteiger partial charge is 0.389 e. The van der Waals surface area contributed by atoms with E-state index in [-0.39, 0.29) is 36.7 Å². The van der Waals surface area contributed by atoms with Crippen molar-refractivity contribution in [3.05, 3.63) is 75.2 Å². The molecule has 3 aromatic rings. The predicted octanol–water partition coefficient (Wildman–Crippen LogP) is 4.88. The lowest BCUT2D eigenvalue weighted by molar-refractivity contribution is -0.135. The molecule has 164 valence electrons. The second kappa shape index (κ2) is 9.38. The standard InChI is InChI=1S/C21H18ClF3N2O4/c1-30-20(29)17-9-8-15(31-17)12-27-18(3-2-10-21(23,24)25)26-16(11-19(27)28)13-4-6-14(22)7-5-13/h4-9,11H,2-3,10,12H2,1H3. The minimum absolute atomic E-state index is 0.0464. The molecule has 10 heteroatoms. The number of furan rings is 1. The molecular weight excluding hydrogens is 437 g/mol. The van der Waals surface area contributed by atoms with E-state index in [4.69, 9.17) is 16.0 Å². The maximum absolute atomic E-state index is 12.8. The first kappa shape index (κ1) is 22.6. The number of carbonyl (C=O) groups excluding carboxylic acids is 1. The van der Waals surface area contributed by atoms with E-state index in [0.717, 1.165) is 0 Å². The Hall–Kier alpha value is -3.07. The third kappa shape index (κ3) is 5.97. The lowest BCUT2D eigenvalue weighted by atomic mass is 10.1. The van der Waals surface area contributed by atoms with Gasteiger partial charge in [-0.1, -0.05) is 23.7 Å². The zero-order valence-electron chi connectivity index (χ0n) is 16.4. The van der Waals surface area contributed by atoms with Crippen LogP contribution in [-0.4, -0.2) is 28.8 Å². The van der Waals surface area contributed by atoms with Crippen LogP contribution in [0, 0.1) is 0 Å². The highest BCUT2D eigenvalue weighted by Gasteiger charge is 2.26. The molecule has 0 radical (unpaired) electrons. The zero-order chi connectivity index (χ0) is 22.6. The first-order chi connectivity index (χ1) is 14.7. The molecule has 31 heavy (non-hydrogen) atoms. The molecule has 0 fully saturated rings. The fraction of sp³-hybridized carbons (Fsp3) is 0.286. The second-order valence-electron chi connectivity index (χ2n) is 6.72. The van der Waals surface area contributed by atoms with Gasteiger partial charge in [-0.05, 0) is 30.7 Å². The minimum Gasteiger partial charge on any atom is -0.463 e. The van der Waals surface area contributed by atoms with Gasteiger partial charge in [-0.15, -0.1) is 0 Å². The summed E-state index contributed by atoms with van der Waals surface area (Å²) in [5.41, 5.74) is 0.476. The Kier molecular flexibility index (Phi) is 6.84. The third-order valence-electron chi connectivity index (χ3n) is 4.45. The number of hydrogen-bond acceptors (Lipinski definition) is 5. The summed E-state index contributed by atoms with van der Waals surface area (Å²) >= 11 is 5.89. The van der Waals surface area contributed by atoms with Crippen LogP contribution in [0.3, 0.4) is 0 Å². The van der Waals surface area contributed by atoms with Gasteiger partial charge in [-0.2, -0.15) is 13.2 Å². The summed E-state index contributed by atoms with van der Waals surface area (Å²) in [7, 11) is 1.20. The fourth-order valence-corrected chi connectivity index (χ4v) is 3.08. The van der Waals surface area contributed by atoms with Crippen molar-refractivity contribution in [2.75, 3.05) is 7.11 Å². The summed E-state index contributed by atoms with van der Waals surface area (Å²) in [6, 6.07) is 10.8. The molecule has 2 heterocycles. The highest BCUT2D eigenvalue weighted by molar-refractivity contribution is 6.30. The number of aryl methyl sites for hydroxylation is 1. The Labute approximate surface area is 180 Å². The molecule has 1 aromatic carbocycles. The number of aromatic nitrogens is 2. The van der Waals surface area contributed by atoms with Crippen molar-refractivity contribution >= 4 is 17.6 Å². The summed E-state index contributed by atoms with van der Waals surface area (Å²) in [6.07, 6.45) is -5.61. The molecule has 0 unspecified atom stereocenters. The molecule has 0 aliphatic heterocycles. The van der Waals surface area contributed by atoms with Gasteiger partial charge in [0.1, 0.15) is 11.6 Å². The van der Waals surface area contributed by atoms with E-state index in [1.807, 2.05) is 0 Å². The molecule has 0 atom stereocenters. The topological polar surface area (TPSA) is 74.3 Å². The summed E-state index contributed by atoms with van der Waals surface area (Å²) in [4.78, 5) is 28.8. The maximum atomic E-state index is 12.8. The van der Waals surface area contributed by atoms with E-state index < -0.39 is 24.1 Å². The van der Waals surface area contributed by atoms with Gasteiger partial charge in [-0.25, -0.2) is 9.78 Å². The van der Waals surface area contributed by atoms with E-state index in [1.165, 1.54) is 29.9 Å². The van der Waals surface area contributed by atoms with Gasteiger partial charge < -0.3 is 9.15 Å². The number of methoxy groups -OCH3 is 1. The van der Waals surface area contributed by atoms with Gasteiger partial charge in [0, 0.05) is 29.5 Å². The SMILES string of the molecule is COC(=O)c1ccc(Cn2c(CCCC(F)(F)F)nc(-c3ccc(Cl)cc3)cc2=O)o1. The summed E-state index contributed by atoms with van der Waals surface area (Å²) in [5.74, 6) is -0.284. The number of halogens is 4. The van der Waals surface area contributed by atoms with Crippen LogP contribution in [0.1, 0.15) is 35.0 Å². The Morgan fingerprint density at radius 2 is 1.90 bits per heavy atom. The molecule has 0 amide bonds. The summed E-state index contributed by atoms with van der Waals surface area (Å²) < 4.78 is 49.0. The molecule has 0 bridgehead atoms. The first-order valence-corrected chi connectivity index (χ1v) is 9.64. The number of nitrogens with zero attached hydrogens (tertiary/aromatic N) is 2. The number of esters is 1. The molecular formula is C21H18ClF3N2O4. The molecule has 2 aromatic heterocycles. The quantitative estimate of drug-likeness (QED) is 0.476. The second-order valence-corrected chi connectivity index (χ2v) is 7.15. The van der Waals surface area contributed by atoms with Crippen molar-refractivity contribution in [2.24, 2.45) is 0 Å². The molecule has 3 rings (SSSR count). The molecule has 6 nitrogen and oxygen atoms in total. The number of rotatable bonds is 7. The van der Waals surface area contributed by atoms with Crippen molar-refractivity contribution in [1.82, 2.24) is 9.55 Å². The van der Waals surface area contributed by atoms with Gasteiger partial charge in [0.15, 0.2) is 0 Å². The van der Waals surface area contributed by atoms with Crippen LogP contribution >= 0.6 is 11.6 Å². The van der Waals surface area contributed by atoms with Crippen LogP contribution in [0.2, 0.25) is 5.02 Å². The van der Waals surface area contributed by atoms with Gasteiger partial charge in [0.25, 0.3) is 5.56 Å². The lowest BCUT2D eigenvalue weighted by Gasteiger charge is -2.13. The Balaban J connectivity index is 1.95. The number of benzene rings is 1. The Bertz CT molecular complexity index is 1120. The largest absolute Gasteiger partial charge is 0.463 e. The first-order valence-electron chi connectivity index (χ1n) is 9.27. The monoisotopic (exact) mass is 454 g/mol. The maximum Gasteiger partial charge on any atom is 0.389 e. The average molecular weight is 455 g/mol. The third-order valence-corrected chi connectivity index (χ3v) is 4.70. The number of alkyl halides is 3. The van der Waals surface area contributed by atoms with Crippen molar-refractivity contribution in [2.45, 2.75) is 32.0 Å². The van der Waals surface area contributed by atoms with Crippen LogP contribution in [0.4, 0.5) is 13.2 Å². The number of ether oxygens (including phenoxy) is 1. The van der Waals surface area contributed by atoms with Crippen molar-refractivity contribution in [3.8, 4) is 11.3 Å². The lowest BCUT2D eigenvalue weighted by Crippen LogP contribution is -2.25. The molecule has 0 saturated carbocycles. The van der Waals surface area contributed by atoms with E-state index in [2.05, 4.69) is 9.72 Å². The Morgan fingerprint density at radius 3 is 2.55 bits per heavy atom. The van der Waals surface area contributed by atoms with E-state index in [0.29, 0.717) is 16.3 Å². The molecule has 0 spiro atoms. The van der Waals surface area contributed by atoms with Crippen LogP contribution in [-0.2, 0) is 17.7 Å². The summed E-state index contributed by atoms with van der Waals surface area (Å²) in [5, 5.41) is 0.502. The molecule has 0 saturated heterocycles. The van der Waals surface area contributed by atoms with E-state index in [9.17, 15) is 22.8 Å². The molecule has 0 N–H and O–H groups in total. The van der Waals surface area contributed by atoms with Crippen LogP contribution < -0.4 is 5.56 Å². The van der Waals surface area contributed by atoms with Crippen LogP contribution in [0.5, 0.6) is 0 Å². The van der Waals surface area contributed by atoms with Crippen molar-refractivity contribution < 1.29 is 27.1 Å². The average Bonchev–Trinajstić information content (AvgIpc) is 3.18. The van der Waals surface area contributed by atoms with Crippen molar-refractivity contribution in [1.29, 1.82) is 0 Å². The van der Waals surface area contributed by atoms with Gasteiger partial charge >= 0.3 is 12.1 Å². The van der Waals surface area contributed by atoms with Gasteiger partial charge in [0.05, 0.1) is 19.3 Å². The van der Waals surface area contributed by atoms with E-state index in [1.54, 1.807) is 24.3 Å². The minimum atomic E-state index is -4.31. The highest BCUT2D eigenvalue weighted by atomic mass is 35.5. The van der Waals surface area contributed by atoms with Crippen LogP contribution in [0.15, 0.2) is 51.7 Å². The van der Waals surface area contributed by atoms with E-state index >= 15 is 0 Å². The zero-order valence-corrected chi connectivity index (χ0v) is 17.2. The van der Waals surface area contributed by atoms with Crippen molar-refractivity contribution in [3.63, 3.8) is 0 Å². The number of carbonyl (C=O) groups is 1.